The van der Waals surface area contributed by atoms with E-state index in [1.165, 1.54) is 4.31 Å². The zero-order valence-corrected chi connectivity index (χ0v) is 21.3. The first-order valence-corrected chi connectivity index (χ1v) is 12.9. The molecule has 0 radical (unpaired) electrons. The largest absolute Gasteiger partial charge is 0.484 e. The van der Waals surface area contributed by atoms with Crippen molar-refractivity contribution in [1.29, 1.82) is 0 Å². The highest BCUT2D eigenvalue weighted by atomic mass is 35.5. The number of amides is 1. The number of rotatable bonds is 12. The third-order valence-corrected chi connectivity index (χ3v) is 7.23. The van der Waals surface area contributed by atoms with E-state index >= 15 is 0 Å². The van der Waals surface area contributed by atoms with Crippen molar-refractivity contribution in [2.75, 3.05) is 31.2 Å². The van der Waals surface area contributed by atoms with Gasteiger partial charge in [0.2, 0.25) is 0 Å². The molecule has 3 aromatic carbocycles. The summed E-state index contributed by atoms with van der Waals surface area (Å²) in [6.45, 7) is 2.96. The number of nitrogens with one attached hydrogen (secondary N) is 1. The molecule has 1 N–H and O–H groups in total. The molecule has 0 unspecified atom stereocenters. The number of methoxy groups -OCH3 is 1. The topological polar surface area (TPSA) is 84.9 Å². The standard InChI is InChI=1S/C26H29ClN2O5S/c1-20-4-14-25(15-5-20)35(31,32)29(18-21-6-8-22(27)9-7-21)23-10-12-24(13-11-23)34-19-26(30)28-16-3-17-33-2/h4-15H,3,16-19H2,1-2H3,(H,28,30). The number of aryl methyl sites for hydroxylation is 1. The van der Waals surface area contributed by atoms with Gasteiger partial charge in [-0.3, -0.25) is 9.10 Å². The van der Waals surface area contributed by atoms with Crippen LogP contribution >= 0.6 is 11.6 Å². The Hall–Kier alpha value is -3.07. The Balaban J connectivity index is 1.77. The highest BCUT2D eigenvalue weighted by Crippen LogP contribution is 2.28. The minimum atomic E-state index is -3.85. The molecule has 3 rings (SSSR count). The predicted molar refractivity (Wildman–Crippen MR) is 137 cm³/mol. The van der Waals surface area contributed by atoms with E-state index in [0.717, 1.165) is 17.5 Å². The van der Waals surface area contributed by atoms with Gasteiger partial charge in [-0.2, -0.15) is 0 Å². The van der Waals surface area contributed by atoms with Crippen molar-refractivity contribution in [3.05, 3.63) is 88.9 Å². The van der Waals surface area contributed by atoms with Crippen molar-refractivity contribution in [3.8, 4) is 5.75 Å². The molecule has 186 valence electrons. The van der Waals surface area contributed by atoms with E-state index in [2.05, 4.69) is 5.32 Å². The van der Waals surface area contributed by atoms with E-state index in [9.17, 15) is 13.2 Å². The molecule has 0 saturated carbocycles. The van der Waals surface area contributed by atoms with Gasteiger partial charge < -0.3 is 14.8 Å². The minimum absolute atomic E-state index is 0.122. The molecule has 1 amide bonds. The zero-order valence-electron chi connectivity index (χ0n) is 19.7. The molecule has 0 heterocycles. The number of carbonyl (C=O) groups excluding carboxylic acids is 1. The number of ether oxygens (including phenoxy) is 2. The van der Waals surface area contributed by atoms with Crippen LogP contribution in [0.4, 0.5) is 5.69 Å². The first-order valence-electron chi connectivity index (χ1n) is 11.1. The Bertz CT molecular complexity index is 1200. The quantitative estimate of drug-likeness (QED) is 0.356. The number of halogens is 1. The second kappa shape index (κ2) is 12.6. The first kappa shape index (κ1) is 26.5. The summed E-state index contributed by atoms with van der Waals surface area (Å²) in [5.41, 5.74) is 2.23. The molecule has 9 heteroatoms. The number of hydrogen-bond acceptors (Lipinski definition) is 5. The van der Waals surface area contributed by atoms with Crippen LogP contribution in [0.2, 0.25) is 5.02 Å². The maximum Gasteiger partial charge on any atom is 0.264 e. The van der Waals surface area contributed by atoms with Gasteiger partial charge in [0, 0.05) is 25.3 Å². The summed E-state index contributed by atoms with van der Waals surface area (Å²) in [5, 5.41) is 3.32. The smallest absolute Gasteiger partial charge is 0.264 e. The molecule has 0 saturated heterocycles. The SMILES string of the molecule is COCCCNC(=O)COc1ccc(N(Cc2ccc(Cl)cc2)S(=O)(=O)c2ccc(C)cc2)cc1. The van der Waals surface area contributed by atoms with Crippen LogP contribution in [0.25, 0.3) is 0 Å². The van der Waals surface area contributed by atoms with Crippen molar-refractivity contribution in [2.45, 2.75) is 24.8 Å². The fourth-order valence-electron chi connectivity index (χ4n) is 3.26. The van der Waals surface area contributed by atoms with Crippen molar-refractivity contribution in [3.63, 3.8) is 0 Å². The van der Waals surface area contributed by atoms with Crippen molar-refractivity contribution >= 4 is 33.2 Å². The van der Waals surface area contributed by atoms with E-state index in [-0.39, 0.29) is 24.0 Å². The average Bonchev–Trinajstić information content (AvgIpc) is 2.85. The van der Waals surface area contributed by atoms with Crippen LogP contribution in [0, 0.1) is 6.92 Å². The Morgan fingerprint density at radius 3 is 2.26 bits per heavy atom. The van der Waals surface area contributed by atoms with Gasteiger partial charge in [-0.25, -0.2) is 8.42 Å². The van der Waals surface area contributed by atoms with Crippen molar-refractivity contribution in [2.24, 2.45) is 0 Å². The van der Waals surface area contributed by atoms with E-state index in [4.69, 9.17) is 21.1 Å². The monoisotopic (exact) mass is 516 g/mol. The second-order valence-electron chi connectivity index (χ2n) is 7.93. The summed E-state index contributed by atoms with van der Waals surface area (Å²) >= 11 is 6.00. The van der Waals surface area contributed by atoms with Crippen LogP contribution < -0.4 is 14.4 Å². The lowest BCUT2D eigenvalue weighted by atomic mass is 10.2. The van der Waals surface area contributed by atoms with E-state index < -0.39 is 10.0 Å². The van der Waals surface area contributed by atoms with Gasteiger partial charge in [-0.05, 0) is 67.4 Å². The van der Waals surface area contributed by atoms with Crippen LogP contribution in [0.15, 0.2) is 77.7 Å². The molecule has 0 bridgehead atoms. The summed E-state index contributed by atoms with van der Waals surface area (Å²) in [5.74, 6) is 0.219. The van der Waals surface area contributed by atoms with Gasteiger partial charge >= 0.3 is 0 Å². The molecule has 0 spiro atoms. The molecule has 0 aliphatic heterocycles. The lowest BCUT2D eigenvalue weighted by Crippen LogP contribution is -2.31. The third-order valence-electron chi connectivity index (χ3n) is 5.19. The van der Waals surface area contributed by atoms with Crippen LogP contribution in [-0.4, -0.2) is 41.2 Å². The first-order chi connectivity index (χ1) is 16.8. The molecule has 7 nitrogen and oxygen atoms in total. The summed E-state index contributed by atoms with van der Waals surface area (Å²) in [6.07, 6.45) is 0.718. The number of nitrogens with zero attached hydrogens (tertiary/aromatic N) is 1. The fourth-order valence-corrected chi connectivity index (χ4v) is 4.84. The third kappa shape index (κ3) is 7.71. The van der Waals surface area contributed by atoms with Crippen LogP contribution in [0.3, 0.4) is 0 Å². The molecule has 35 heavy (non-hydrogen) atoms. The molecular formula is C26H29ClN2O5S. The van der Waals surface area contributed by atoms with Crippen molar-refractivity contribution in [1.82, 2.24) is 5.32 Å². The van der Waals surface area contributed by atoms with E-state index in [1.807, 2.05) is 6.92 Å². The van der Waals surface area contributed by atoms with E-state index in [0.29, 0.717) is 29.6 Å². The highest BCUT2D eigenvalue weighted by Gasteiger charge is 2.25. The maximum absolute atomic E-state index is 13.6. The highest BCUT2D eigenvalue weighted by molar-refractivity contribution is 7.92. The summed E-state index contributed by atoms with van der Waals surface area (Å²) in [7, 11) is -2.24. The van der Waals surface area contributed by atoms with Crippen LogP contribution in [0.1, 0.15) is 17.5 Å². The van der Waals surface area contributed by atoms with Gasteiger partial charge in [0.25, 0.3) is 15.9 Å². The Labute approximate surface area is 211 Å². The van der Waals surface area contributed by atoms with Crippen LogP contribution in [-0.2, 0) is 26.1 Å². The molecule has 0 atom stereocenters. The number of anilines is 1. The van der Waals surface area contributed by atoms with E-state index in [1.54, 1.807) is 79.9 Å². The molecule has 3 aromatic rings. The number of hydrogen-bond donors (Lipinski definition) is 1. The molecule has 0 fully saturated rings. The molecule has 0 aliphatic rings. The average molecular weight is 517 g/mol. The van der Waals surface area contributed by atoms with Crippen molar-refractivity contribution < 1.29 is 22.7 Å². The summed E-state index contributed by atoms with van der Waals surface area (Å²) in [4.78, 5) is 12.1. The van der Waals surface area contributed by atoms with Gasteiger partial charge in [0.1, 0.15) is 5.75 Å². The fraction of sp³-hybridized carbons (Fsp3) is 0.269. The van der Waals surface area contributed by atoms with Crippen LogP contribution in [0.5, 0.6) is 5.75 Å². The Morgan fingerprint density at radius 1 is 0.971 bits per heavy atom. The zero-order chi connectivity index (χ0) is 25.3. The molecular weight excluding hydrogens is 488 g/mol. The Morgan fingerprint density at radius 2 is 1.63 bits per heavy atom. The predicted octanol–water partition coefficient (Wildman–Crippen LogP) is 4.58. The number of benzene rings is 3. The molecule has 0 aromatic heterocycles. The van der Waals surface area contributed by atoms with Gasteiger partial charge in [-0.1, -0.05) is 41.4 Å². The minimum Gasteiger partial charge on any atom is -0.484 e. The molecule has 0 aliphatic carbocycles. The second-order valence-corrected chi connectivity index (χ2v) is 10.2. The lowest BCUT2D eigenvalue weighted by molar-refractivity contribution is -0.123. The van der Waals surface area contributed by atoms with Gasteiger partial charge in [0.05, 0.1) is 17.1 Å². The number of carbonyl (C=O) groups is 1. The van der Waals surface area contributed by atoms with Gasteiger partial charge in [0.15, 0.2) is 6.61 Å². The Kier molecular flexibility index (Phi) is 9.54. The van der Waals surface area contributed by atoms with Gasteiger partial charge in [-0.15, -0.1) is 0 Å². The normalized spacial score (nSPS) is 11.2. The summed E-state index contributed by atoms with van der Waals surface area (Å²) in [6, 6.07) is 20.4. The lowest BCUT2D eigenvalue weighted by Gasteiger charge is -2.25. The number of sulfonamides is 1. The summed E-state index contributed by atoms with van der Waals surface area (Å²) < 4.78 is 39.0. The maximum atomic E-state index is 13.6.